The second-order valence-electron chi connectivity index (χ2n) is 5.39. The van der Waals surface area contributed by atoms with Gasteiger partial charge < -0.3 is 5.32 Å². The molecule has 2 heterocycles. The maximum Gasteiger partial charge on any atom is 0.471 e. The van der Waals surface area contributed by atoms with Crippen LogP contribution in [0.25, 0.3) is 22.4 Å². The summed E-state index contributed by atoms with van der Waals surface area (Å²) in [4.78, 5) is 15.3. The first kappa shape index (κ1) is 17.6. The molecule has 0 atom stereocenters. The van der Waals surface area contributed by atoms with Gasteiger partial charge >= 0.3 is 12.1 Å². The Morgan fingerprint density at radius 1 is 1.04 bits per heavy atom. The summed E-state index contributed by atoms with van der Waals surface area (Å²) in [5.74, 6) is -2.69. The molecule has 0 unspecified atom stereocenters. The number of halogens is 4. The van der Waals surface area contributed by atoms with Crippen molar-refractivity contribution in [3.63, 3.8) is 0 Å². The van der Waals surface area contributed by atoms with Crippen LogP contribution in [0.2, 0.25) is 0 Å². The van der Waals surface area contributed by atoms with Crippen LogP contribution in [-0.2, 0) is 11.8 Å². The van der Waals surface area contributed by atoms with Crippen molar-refractivity contribution in [2.45, 2.75) is 6.18 Å². The Bertz CT molecular complexity index is 934. The van der Waals surface area contributed by atoms with Gasteiger partial charge in [-0.05, 0) is 42.0 Å². The van der Waals surface area contributed by atoms with E-state index in [0.717, 1.165) is 4.68 Å². The van der Waals surface area contributed by atoms with E-state index in [1.807, 2.05) is 5.32 Å². The van der Waals surface area contributed by atoms with E-state index in [0.29, 0.717) is 16.8 Å². The van der Waals surface area contributed by atoms with Gasteiger partial charge in [0.2, 0.25) is 0 Å². The van der Waals surface area contributed by atoms with Crippen molar-refractivity contribution >= 4 is 11.7 Å². The van der Waals surface area contributed by atoms with Gasteiger partial charge in [0.25, 0.3) is 0 Å². The molecule has 0 aliphatic rings. The number of nitrogens with one attached hydrogen (secondary N) is 1. The maximum atomic E-state index is 13.2. The van der Waals surface area contributed by atoms with E-state index in [1.165, 1.54) is 43.7 Å². The number of carbonyl (C=O) groups is 1. The number of aryl methyl sites for hydroxylation is 1. The molecule has 0 aliphatic carbocycles. The monoisotopic (exact) mass is 364 g/mol. The van der Waals surface area contributed by atoms with Crippen LogP contribution >= 0.6 is 0 Å². The Morgan fingerprint density at radius 2 is 1.65 bits per heavy atom. The van der Waals surface area contributed by atoms with Gasteiger partial charge in [-0.1, -0.05) is 0 Å². The predicted octanol–water partition coefficient (Wildman–Crippen LogP) is 3.79. The molecule has 5 nitrogen and oxygen atoms in total. The smallest absolute Gasteiger partial charge is 0.302 e. The van der Waals surface area contributed by atoms with Crippen LogP contribution < -0.4 is 5.32 Å². The number of alkyl halides is 3. The number of benzene rings is 1. The molecule has 1 amide bonds. The van der Waals surface area contributed by atoms with E-state index in [9.17, 15) is 22.4 Å². The quantitative estimate of drug-likeness (QED) is 0.720. The summed E-state index contributed by atoms with van der Waals surface area (Å²) in [6.45, 7) is 0. The van der Waals surface area contributed by atoms with E-state index < -0.39 is 17.9 Å². The van der Waals surface area contributed by atoms with Crippen LogP contribution in [0.15, 0.2) is 48.8 Å². The lowest BCUT2D eigenvalue weighted by Crippen LogP contribution is -2.31. The third-order valence-electron chi connectivity index (χ3n) is 3.62. The SMILES string of the molecule is Cn1nc(-c2ccc(F)cc2)c(-c2ccncc2)c1NC(=O)C(F)(F)F. The average Bonchev–Trinajstić information content (AvgIpc) is 2.92. The number of hydrogen-bond donors (Lipinski definition) is 1. The molecule has 9 heteroatoms. The third kappa shape index (κ3) is 3.41. The van der Waals surface area contributed by atoms with Crippen LogP contribution in [0.4, 0.5) is 23.4 Å². The fraction of sp³-hybridized carbons (Fsp3) is 0.118. The Hall–Kier alpha value is -3.23. The minimum atomic E-state index is -5.05. The molecule has 0 radical (unpaired) electrons. The van der Waals surface area contributed by atoms with Crippen molar-refractivity contribution in [2.24, 2.45) is 7.05 Å². The molecule has 0 aliphatic heterocycles. The lowest BCUT2D eigenvalue weighted by molar-refractivity contribution is -0.167. The molecule has 0 saturated carbocycles. The fourth-order valence-electron chi connectivity index (χ4n) is 2.45. The highest BCUT2D eigenvalue weighted by Crippen LogP contribution is 2.37. The summed E-state index contributed by atoms with van der Waals surface area (Å²) in [5, 5.41) is 6.07. The van der Waals surface area contributed by atoms with Gasteiger partial charge in [0.1, 0.15) is 17.3 Å². The summed E-state index contributed by atoms with van der Waals surface area (Å²) < 4.78 is 52.4. The molecule has 0 spiro atoms. The summed E-state index contributed by atoms with van der Waals surface area (Å²) in [6.07, 6.45) is -2.12. The topological polar surface area (TPSA) is 59.8 Å². The van der Waals surface area contributed by atoms with Crippen molar-refractivity contribution in [1.29, 1.82) is 0 Å². The first-order valence-corrected chi connectivity index (χ1v) is 7.39. The molecule has 134 valence electrons. The highest BCUT2D eigenvalue weighted by atomic mass is 19.4. The average molecular weight is 364 g/mol. The predicted molar refractivity (Wildman–Crippen MR) is 86.5 cm³/mol. The summed E-state index contributed by atoms with van der Waals surface area (Å²) >= 11 is 0. The zero-order valence-corrected chi connectivity index (χ0v) is 13.4. The number of pyridine rings is 1. The molecule has 0 saturated heterocycles. The van der Waals surface area contributed by atoms with Crippen molar-refractivity contribution in [3.05, 3.63) is 54.6 Å². The highest BCUT2D eigenvalue weighted by Gasteiger charge is 2.40. The van der Waals surface area contributed by atoms with E-state index in [-0.39, 0.29) is 11.4 Å². The van der Waals surface area contributed by atoms with Gasteiger partial charge in [-0.2, -0.15) is 18.3 Å². The molecule has 1 N–H and O–H groups in total. The van der Waals surface area contributed by atoms with Crippen LogP contribution in [-0.4, -0.2) is 26.8 Å². The van der Waals surface area contributed by atoms with Crippen molar-refractivity contribution in [2.75, 3.05) is 5.32 Å². The number of rotatable bonds is 3. The second-order valence-corrected chi connectivity index (χ2v) is 5.39. The van der Waals surface area contributed by atoms with Gasteiger partial charge in [0, 0.05) is 25.0 Å². The van der Waals surface area contributed by atoms with Gasteiger partial charge in [0.05, 0.1) is 5.56 Å². The van der Waals surface area contributed by atoms with Crippen molar-refractivity contribution in [1.82, 2.24) is 14.8 Å². The molecule has 3 rings (SSSR count). The largest absolute Gasteiger partial charge is 0.471 e. The van der Waals surface area contributed by atoms with Crippen molar-refractivity contribution in [3.8, 4) is 22.4 Å². The summed E-state index contributed by atoms with van der Waals surface area (Å²) in [6, 6.07) is 8.50. The maximum absolute atomic E-state index is 13.2. The summed E-state index contributed by atoms with van der Waals surface area (Å²) in [7, 11) is 1.41. The molecule has 0 fully saturated rings. The van der Waals surface area contributed by atoms with Crippen LogP contribution in [0.5, 0.6) is 0 Å². The van der Waals surface area contributed by atoms with E-state index in [1.54, 1.807) is 12.1 Å². The lowest BCUT2D eigenvalue weighted by atomic mass is 10.0. The van der Waals surface area contributed by atoms with Gasteiger partial charge in [-0.15, -0.1) is 0 Å². The van der Waals surface area contributed by atoms with Crippen molar-refractivity contribution < 1.29 is 22.4 Å². The molecule has 2 aromatic heterocycles. The molecule has 0 bridgehead atoms. The number of aromatic nitrogens is 3. The number of carbonyl (C=O) groups excluding carboxylic acids is 1. The van der Waals surface area contributed by atoms with E-state index in [4.69, 9.17) is 0 Å². The van der Waals surface area contributed by atoms with Crippen LogP contribution in [0.1, 0.15) is 0 Å². The third-order valence-corrected chi connectivity index (χ3v) is 3.62. The van der Waals surface area contributed by atoms with Gasteiger partial charge in [-0.25, -0.2) is 4.39 Å². The Kier molecular flexibility index (Phi) is 4.45. The van der Waals surface area contributed by atoms with Crippen LogP contribution in [0.3, 0.4) is 0 Å². The molecular formula is C17H12F4N4O. The Balaban J connectivity index is 2.18. The van der Waals surface area contributed by atoms with E-state index >= 15 is 0 Å². The zero-order chi connectivity index (χ0) is 18.9. The fourth-order valence-corrected chi connectivity index (χ4v) is 2.45. The molecular weight excluding hydrogens is 352 g/mol. The number of hydrogen-bond acceptors (Lipinski definition) is 3. The molecule has 26 heavy (non-hydrogen) atoms. The minimum absolute atomic E-state index is 0.127. The molecule has 1 aromatic carbocycles. The Labute approximate surface area is 145 Å². The first-order valence-electron chi connectivity index (χ1n) is 7.39. The second kappa shape index (κ2) is 6.58. The highest BCUT2D eigenvalue weighted by molar-refractivity contribution is 6.00. The first-order chi connectivity index (χ1) is 12.3. The van der Waals surface area contributed by atoms with Gasteiger partial charge in [-0.3, -0.25) is 14.5 Å². The number of nitrogens with zero attached hydrogens (tertiary/aromatic N) is 3. The number of amides is 1. The minimum Gasteiger partial charge on any atom is -0.302 e. The normalized spacial score (nSPS) is 11.4. The number of anilines is 1. The standard InChI is InChI=1S/C17H12F4N4O/c1-25-15(23-16(26)17(19,20)21)13(10-6-8-22-9-7-10)14(24-25)11-2-4-12(18)5-3-11/h2-9H,1H3,(H,23,26). The molecule has 3 aromatic rings. The van der Waals surface area contributed by atoms with E-state index in [2.05, 4.69) is 10.1 Å². The lowest BCUT2D eigenvalue weighted by Gasteiger charge is -2.11. The van der Waals surface area contributed by atoms with Crippen LogP contribution in [0, 0.1) is 5.82 Å². The summed E-state index contributed by atoms with van der Waals surface area (Å²) in [5.41, 5.74) is 1.57. The van der Waals surface area contributed by atoms with Gasteiger partial charge in [0.15, 0.2) is 0 Å². The zero-order valence-electron chi connectivity index (χ0n) is 13.4. The Morgan fingerprint density at radius 3 is 2.23 bits per heavy atom.